The molecule has 19 heavy (non-hydrogen) atoms. The summed E-state index contributed by atoms with van der Waals surface area (Å²) in [6.07, 6.45) is 8.19. The van der Waals surface area contributed by atoms with Crippen LogP contribution in [0, 0.1) is 0 Å². The van der Waals surface area contributed by atoms with Crippen molar-refractivity contribution in [2.24, 2.45) is 5.73 Å². The first-order valence-corrected chi connectivity index (χ1v) is 7.25. The zero-order chi connectivity index (χ0) is 13.1. The molecule has 0 atom stereocenters. The van der Waals surface area contributed by atoms with E-state index in [4.69, 9.17) is 5.73 Å². The van der Waals surface area contributed by atoms with E-state index in [-0.39, 0.29) is 0 Å². The zero-order valence-electron chi connectivity index (χ0n) is 11.4. The zero-order valence-corrected chi connectivity index (χ0v) is 11.4. The number of pyridine rings is 1. The molecule has 2 aliphatic rings. The van der Waals surface area contributed by atoms with Gasteiger partial charge in [-0.2, -0.15) is 0 Å². The molecule has 1 fully saturated rings. The highest BCUT2D eigenvalue weighted by molar-refractivity contribution is 5.76. The minimum Gasteiger partial charge on any atom is -0.371 e. The van der Waals surface area contributed by atoms with Gasteiger partial charge in [0.2, 0.25) is 0 Å². The fourth-order valence-electron chi connectivity index (χ4n) is 3.03. The number of fused-ring (bicyclic) bond motifs is 1. The Morgan fingerprint density at radius 2 is 2.05 bits per heavy atom. The van der Waals surface area contributed by atoms with E-state index < -0.39 is 0 Å². The number of rotatable bonds is 3. The van der Waals surface area contributed by atoms with E-state index >= 15 is 0 Å². The molecule has 3 rings (SSSR count). The van der Waals surface area contributed by atoms with E-state index in [1.807, 2.05) is 12.3 Å². The maximum absolute atomic E-state index is 5.69. The van der Waals surface area contributed by atoms with Crippen molar-refractivity contribution in [1.82, 2.24) is 9.88 Å². The maximum Gasteiger partial charge on any atom is 0.138 e. The predicted octanol–water partition coefficient (Wildman–Crippen LogP) is 1.69. The van der Waals surface area contributed by atoms with Crippen LogP contribution in [-0.4, -0.2) is 42.6 Å². The Labute approximate surface area is 114 Å². The molecule has 0 aromatic carbocycles. The summed E-state index contributed by atoms with van der Waals surface area (Å²) in [6.45, 7) is 4.82. The van der Waals surface area contributed by atoms with Gasteiger partial charge in [0.25, 0.3) is 0 Å². The van der Waals surface area contributed by atoms with Crippen molar-refractivity contribution in [3.8, 4) is 0 Å². The average Bonchev–Trinajstić information content (AvgIpc) is 2.49. The van der Waals surface area contributed by atoms with Crippen molar-refractivity contribution >= 4 is 11.5 Å². The lowest BCUT2D eigenvalue weighted by molar-refractivity contribution is 0.325. The number of piperidine rings is 1. The Morgan fingerprint density at radius 1 is 1.21 bits per heavy atom. The Kier molecular flexibility index (Phi) is 3.69. The lowest BCUT2D eigenvalue weighted by atomic mass is 10.0. The van der Waals surface area contributed by atoms with E-state index in [9.17, 15) is 0 Å². The molecule has 4 nitrogen and oxygen atoms in total. The molecular formula is C15H22N4. The summed E-state index contributed by atoms with van der Waals surface area (Å²) in [5, 5.41) is 0. The minimum absolute atomic E-state index is 0.670. The van der Waals surface area contributed by atoms with Crippen molar-refractivity contribution in [1.29, 1.82) is 0 Å². The molecule has 1 aromatic heterocycles. The molecule has 0 unspecified atom stereocenters. The second-order valence-electron chi connectivity index (χ2n) is 5.25. The summed E-state index contributed by atoms with van der Waals surface area (Å²) < 4.78 is 0. The topological polar surface area (TPSA) is 45.4 Å². The molecule has 4 heteroatoms. The summed E-state index contributed by atoms with van der Waals surface area (Å²) in [7, 11) is 0. The first-order valence-electron chi connectivity index (χ1n) is 7.25. The van der Waals surface area contributed by atoms with Gasteiger partial charge in [0.1, 0.15) is 5.82 Å². The molecular weight excluding hydrogens is 236 g/mol. The standard InChI is InChI=1S/C15H22N4/c16-7-12-19-11-6-14(18-9-2-1-3-10-18)13-5-4-8-17-15(13)19/h4-6,8H,1-3,7,9-12,16H2. The molecule has 0 aliphatic carbocycles. The third kappa shape index (κ3) is 2.45. The Hall–Kier alpha value is -1.55. The second kappa shape index (κ2) is 5.61. The van der Waals surface area contributed by atoms with E-state index in [1.54, 1.807) is 0 Å². The summed E-state index contributed by atoms with van der Waals surface area (Å²) in [5.74, 6) is 1.09. The normalized spacial score (nSPS) is 19.1. The summed E-state index contributed by atoms with van der Waals surface area (Å²) in [5.41, 5.74) is 8.33. The lowest BCUT2D eigenvalue weighted by Crippen LogP contribution is -2.36. The van der Waals surface area contributed by atoms with Crippen LogP contribution < -0.4 is 10.6 Å². The fourth-order valence-corrected chi connectivity index (χ4v) is 3.03. The summed E-state index contributed by atoms with van der Waals surface area (Å²) in [6, 6.07) is 4.22. The van der Waals surface area contributed by atoms with Crippen molar-refractivity contribution in [2.45, 2.75) is 19.3 Å². The lowest BCUT2D eigenvalue weighted by Gasteiger charge is -2.36. The van der Waals surface area contributed by atoms with Gasteiger partial charge in [0.15, 0.2) is 0 Å². The van der Waals surface area contributed by atoms with Crippen LogP contribution in [0.2, 0.25) is 0 Å². The fraction of sp³-hybridized carbons (Fsp3) is 0.533. The molecule has 102 valence electrons. The van der Waals surface area contributed by atoms with Gasteiger partial charge < -0.3 is 15.5 Å². The molecule has 3 heterocycles. The van der Waals surface area contributed by atoms with Crippen LogP contribution in [-0.2, 0) is 0 Å². The number of hydrogen-bond donors (Lipinski definition) is 1. The smallest absolute Gasteiger partial charge is 0.138 e. The number of likely N-dealkylation sites (tertiary alicyclic amines) is 1. The largest absolute Gasteiger partial charge is 0.371 e. The molecule has 0 amide bonds. The van der Waals surface area contributed by atoms with Crippen molar-refractivity contribution in [2.75, 3.05) is 37.6 Å². The molecule has 0 spiro atoms. The highest BCUT2D eigenvalue weighted by Gasteiger charge is 2.23. The monoisotopic (exact) mass is 258 g/mol. The quantitative estimate of drug-likeness (QED) is 0.896. The van der Waals surface area contributed by atoms with Gasteiger partial charge in [0.05, 0.1) is 0 Å². The van der Waals surface area contributed by atoms with Crippen LogP contribution in [0.5, 0.6) is 0 Å². The SMILES string of the molecule is NCCN1CC=C(N2CCCCC2)c2cccnc21. The van der Waals surface area contributed by atoms with Crippen LogP contribution in [0.25, 0.3) is 5.70 Å². The minimum atomic E-state index is 0.670. The van der Waals surface area contributed by atoms with Gasteiger partial charge >= 0.3 is 0 Å². The van der Waals surface area contributed by atoms with Gasteiger partial charge in [-0.1, -0.05) is 0 Å². The van der Waals surface area contributed by atoms with Crippen LogP contribution >= 0.6 is 0 Å². The average molecular weight is 258 g/mol. The molecule has 0 radical (unpaired) electrons. The third-order valence-corrected chi connectivity index (χ3v) is 3.96. The van der Waals surface area contributed by atoms with Crippen LogP contribution in [0.15, 0.2) is 24.4 Å². The summed E-state index contributed by atoms with van der Waals surface area (Å²) in [4.78, 5) is 9.35. The Bertz CT molecular complexity index is 463. The number of nitrogens with zero attached hydrogens (tertiary/aromatic N) is 3. The van der Waals surface area contributed by atoms with Gasteiger partial charge in [-0.05, 0) is 37.5 Å². The number of nitrogens with two attached hydrogens (primary N) is 1. The highest BCUT2D eigenvalue weighted by atomic mass is 15.2. The van der Waals surface area contributed by atoms with Gasteiger partial charge in [-0.25, -0.2) is 4.98 Å². The van der Waals surface area contributed by atoms with E-state index in [1.165, 1.54) is 43.6 Å². The van der Waals surface area contributed by atoms with Crippen LogP contribution in [0.4, 0.5) is 5.82 Å². The van der Waals surface area contributed by atoms with Gasteiger partial charge in [0, 0.05) is 50.2 Å². The third-order valence-electron chi connectivity index (χ3n) is 3.96. The van der Waals surface area contributed by atoms with Crippen molar-refractivity contribution in [3.63, 3.8) is 0 Å². The number of hydrogen-bond acceptors (Lipinski definition) is 4. The molecule has 1 saturated heterocycles. The molecule has 1 aromatic rings. The van der Waals surface area contributed by atoms with Crippen LogP contribution in [0.3, 0.4) is 0 Å². The van der Waals surface area contributed by atoms with E-state index in [2.05, 4.69) is 26.9 Å². The highest BCUT2D eigenvalue weighted by Crippen LogP contribution is 2.32. The van der Waals surface area contributed by atoms with Crippen LogP contribution in [0.1, 0.15) is 24.8 Å². The maximum atomic E-state index is 5.69. The molecule has 2 aliphatic heterocycles. The number of aromatic nitrogens is 1. The second-order valence-corrected chi connectivity index (χ2v) is 5.25. The first-order chi connectivity index (χ1) is 9.40. The van der Waals surface area contributed by atoms with E-state index in [0.717, 1.165) is 18.9 Å². The molecule has 0 bridgehead atoms. The first kappa shape index (κ1) is 12.5. The summed E-state index contributed by atoms with van der Waals surface area (Å²) >= 11 is 0. The number of anilines is 1. The van der Waals surface area contributed by atoms with Gasteiger partial charge in [-0.15, -0.1) is 0 Å². The Balaban J connectivity index is 1.90. The van der Waals surface area contributed by atoms with Gasteiger partial charge in [-0.3, -0.25) is 0 Å². The van der Waals surface area contributed by atoms with Crippen molar-refractivity contribution < 1.29 is 0 Å². The predicted molar refractivity (Wildman–Crippen MR) is 78.9 cm³/mol. The van der Waals surface area contributed by atoms with Crippen molar-refractivity contribution in [3.05, 3.63) is 30.0 Å². The van der Waals surface area contributed by atoms with E-state index in [0.29, 0.717) is 6.54 Å². The molecule has 2 N–H and O–H groups in total. The molecule has 0 saturated carbocycles. The Morgan fingerprint density at radius 3 is 2.84 bits per heavy atom.